The van der Waals surface area contributed by atoms with Gasteiger partial charge in [0.25, 0.3) is 0 Å². The summed E-state index contributed by atoms with van der Waals surface area (Å²) in [5, 5.41) is 4.62. The SMILES string of the molecule is CCNC(c1cc2cc(C)ccc2o1)c1ncccc1C. The average Bonchev–Trinajstić information content (AvgIpc) is 2.88. The normalized spacial score (nSPS) is 12.7. The number of fused-ring (bicyclic) bond motifs is 1. The van der Waals surface area contributed by atoms with Crippen molar-refractivity contribution in [3.63, 3.8) is 0 Å². The number of furan rings is 1. The lowest BCUT2D eigenvalue weighted by Gasteiger charge is -2.16. The zero-order chi connectivity index (χ0) is 14.8. The second kappa shape index (κ2) is 5.70. The maximum atomic E-state index is 6.04. The van der Waals surface area contributed by atoms with Crippen molar-refractivity contribution in [1.82, 2.24) is 10.3 Å². The average molecular weight is 280 g/mol. The molecule has 0 fully saturated rings. The number of hydrogen-bond donors (Lipinski definition) is 1. The van der Waals surface area contributed by atoms with Crippen LogP contribution in [-0.4, -0.2) is 11.5 Å². The molecule has 0 saturated heterocycles. The van der Waals surface area contributed by atoms with E-state index < -0.39 is 0 Å². The number of aromatic nitrogens is 1. The maximum absolute atomic E-state index is 6.04. The standard InChI is InChI=1S/C18H20N2O/c1-4-19-18(17-13(3)6-5-9-20-17)16-11-14-10-12(2)7-8-15(14)21-16/h5-11,18-19H,4H2,1-3H3. The van der Waals surface area contributed by atoms with Crippen molar-refractivity contribution >= 4 is 11.0 Å². The van der Waals surface area contributed by atoms with Gasteiger partial charge in [0, 0.05) is 11.6 Å². The monoisotopic (exact) mass is 280 g/mol. The van der Waals surface area contributed by atoms with Crippen LogP contribution in [0, 0.1) is 13.8 Å². The first-order chi connectivity index (χ1) is 10.2. The molecule has 3 nitrogen and oxygen atoms in total. The quantitative estimate of drug-likeness (QED) is 0.780. The summed E-state index contributed by atoms with van der Waals surface area (Å²) in [5.41, 5.74) is 4.35. The molecule has 21 heavy (non-hydrogen) atoms. The highest BCUT2D eigenvalue weighted by molar-refractivity contribution is 5.78. The molecule has 0 aliphatic rings. The summed E-state index contributed by atoms with van der Waals surface area (Å²) in [6.45, 7) is 7.13. The third-order valence-corrected chi connectivity index (χ3v) is 3.71. The molecule has 1 aromatic carbocycles. The van der Waals surface area contributed by atoms with E-state index in [0.29, 0.717) is 0 Å². The Kier molecular flexibility index (Phi) is 3.76. The number of aryl methyl sites for hydroxylation is 2. The Balaban J connectivity index is 2.09. The van der Waals surface area contributed by atoms with E-state index in [2.05, 4.69) is 55.3 Å². The molecular formula is C18H20N2O. The van der Waals surface area contributed by atoms with Gasteiger partial charge in [-0.25, -0.2) is 0 Å². The van der Waals surface area contributed by atoms with Crippen molar-refractivity contribution in [1.29, 1.82) is 0 Å². The lowest BCUT2D eigenvalue weighted by molar-refractivity contribution is 0.470. The van der Waals surface area contributed by atoms with Crippen LogP contribution in [0.25, 0.3) is 11.0 Å². The Morgan fingerprint density at radius 2 is 2.05 bits per heavy atom. The molecule has 3 rings (SSSR count). The van der Waals surface area contributed by atoms with Gasteiger partial charge in [-0.1, -0.05) is 24.6 Å². The van der Waals surface area contributed by atoms with Gasteiger partial charge in [-0.05, 0) is 50.2 Å². The van der Waals surface area contributed by atoms with Gasteiger partial charge in [0.15, 0.2) is 0 Å². The first-order valence-corrected chi connectivity index (χ1v) is 7.34. The zero-order valence-electron chi connectivity index (χ0n) is 12.7. The predicted octanol–water partition coefficient (Wildman–Crippen LogP) is 4.14. The number of nitrogens with one attached hydrogen (secondary N) is 1. The summed E-state index contributed by atoms with van der Waals surface area (Å²) in [6.07, 6.45) is 1.83. The molecule has 0 aliphatic carbocycles. The molecule has 1 unspecified atom stereocenters. The van der Waals surface area contributed by atoms with Crippen LogP contribution < -0.4 is 5.32 Å². The third kappa shape index (κ3) is 2.69. The van der Waals surface area contributed by atoms with Crippen molar-refractivity contribution in [3.8, 4) is 0 Å². The van der Waals surface area contributed by atoms with Gasteiger partial charge in [-0.3, -0.25) is 4.98 Å². The topological polar surface area (TPSA) is 38.1 Å². The molecule has 0 radical (unpaired) electrons. The molecule has 1 N–H and O–H groups in total. The fraction of sp³-hybridized carbons (Fsp3) is 0.278. The first kappa shape index (κ1) is 13.8. The molecule has 2 heterocycles. The van der Waals surface area contributed by atoms with Gasteiger partial charge in [-0.2, -0.15) is 0 Å². The minimum absolute atomic E-state index is 0.0103. The molecule has 0 spiro atoms. The van der Waals surface area contributed by atoms with Gasteiger partial charge in [0.2, 0.25) is 0 Å². The Labute approximate surface area is 125 Å². The van der Waals surface area contributed by atoms with Crippen molar-refractivity contribution in [2.75, 3.05) is 6.54 Å². The lowest BCUT2D eigenvalue weighted by atomic mass is 10.1. The Morgan fingerprint density at radius 1 is 1.19 bits per heavy atom. The number of rotatable bonds is 4. The summed E-state index contributed by atoms with van der Waals surface area (Å²) in [6, 6.07) is 12.4. The van der Waals surface area contributed by atoms with Crippen LogP contribution in [0.15, 0.2) is 47.0 Å². The Bertz CT molecular complexity index is 761. The smallest absolute Gasteiger partial charge is 0.134 e. The summed E-state index contributed by atoms with van der Waals surface area (Å²) in [7, 11) is 0. The van der Waals surface area contributed by atoms with Gasteiger partial charge in [-0.15, -0.1) is 0 Å². The van der Waals surface area contributed by atoms with Crippen LogP contribution >= 0.6 is 0 Å². The number of hydrogen-bond acceptors (Lipinski definition) is 3. The molecule has 0 amide bonds. The fourth-order valence-electron chi connectivity index (χ4n) is 2.66. The van der Waals surface area contributed by atoms with Crippen molar-refractivity contribution in [2.45, 2.75) is 26.8 Å². The van der Waals surface area contributed by atoms with Gasteiger partial charge < -0.3 is 9.73 Å². The molecule has 0 bridgehead atoms. The van der Waals surface area contributed by atoms with Crippen LogP contribution in [0.3, 0.4) is 0 Å². The van der Waals surface area contributed by atoms with E-state index in [4.69, 9.17) is 4.42 Å². The number of nitrogens with zero attached hydrogens (tertiary/aromatic N) is 1. The van der Waals surface area contributed by atoms with E-state index in [-0.39, 0.29) is 6.04 Å². The second-order valence-corrected chi connectivity index (χ2v) is 5.39. The molecule has 108 valence electrons. The third-order valence-electron chi connectivity index (χ3n) is 3.71. The highest BCUT2D eigenvalue weighted by atomic mass is 16.3. The molecular weight excluding hydrogens is 260 g/mol. The fourth-order valence-corrected chi connectivity index (χ4v) is 2.66. The Hall–Kier alpha value is -2.13. The van der Waals surface area contributed by atoms with Crippen LogP contribution in [0.5, 0.6) is 0 Å². The minimum atomic E-state index is -0.0103. The van der Waals surface area contributed by atoms with Crippen molar-refractivity contribution < 1.29 is 4.42 Å². The number of pyridine rings is 1. The highest BCUT2D eigenvalue weighted by Gasteiger charge is 2.20. The first-order valence-electron chi connectivity index (χ1n) is 7.34. The van der Waals surface area contributed by atoms with E-state index >= 15 is 0 Å². The van der Waals surface area contributed by atoms with Gasteiger partial charge >= 0.3 is 0 Å². The summed E-state index contributed by atoms with van der Waals surface area (Å²) >= 11 is 0. The lowest BCUT2D eigenvalue weighted by Crippen LogP contribution is -2.23. The molecule has 0 saturated carbocycles. The molecule has 0 aliphatic heterocycles. The highest BCUT2D eigenvalue weighted by Crippen LogP contribution is 2.29. The number of benzene rings is 1. The van der Waals surface area contributed by atoms with Gasteiger partial charge in [0.1, 0.15) is 17.4 Å². The summed E-state index contributed by atoms with van der Waals surface area (Å²) in [4.78, 5) is 4.54. The van der Waals surface area contributed by atoms with E-state index in [9.17, 15) is 0 Å². The molecule has 3 heteroatoms. The molecule has 3 aromatic rings. The largest absolute Gasteiger partial charge is 0.459 e. The van der Waals surface area contributed by atoms with Crippen LogP contribution in [0.2, 0.25) is 0 Å². The van der Waals surface area contributed by atoms with E-state index in [1.807, 2.05) is 18.3 Å². The summed E-state index contributed by atoms with van der Waals surface area (Å²) in [5.74, 6) is 0.916. The second-order valence-electron chi connectivity index (χ2n) is 5.39. The van der Waals surface area contributed by atoms with E-state index in [1.165, 1.54) is 11.1 Å². The maximum Gasteiger partial charge on any atom is 0.134 e. The van der Waals surface area contributed by atoms with Crippen molar-refractivity contribution in [3.05, 3.63) is 65.2 Å². The Morgan fingerprint density at radius 3 is 2.81 bits per heavy atom. The minimum Gasteiger partial charge on any atom is -0.459 e. The van der Waals surface area contributed by atoms with Crippen LogP contribution in [0.1, 0.15) is 35.5 Å². The zero-order valence-corrected chi connectivity index (χ0v) is 12.7. The van der Waals surface area contributed by atoms with E-state index in [1.54, 1.807) is 0 Å². The molecule has 2 aromatic heterocycles. The van der Waals surface area contributed by atoms with Gasteiger partial charge in [0.05, 0.1) is 5.69 Å². The molecule has 1 atom stereocenters. The summed E-state index contributed by atoms with van der Waals surface area (Å²) < 4.78 is 6.04. The predicted molar refractivity (Wildman–Crippen MR) is 85.4 cm³/mol. The van der Waals surface area contributed by atoms with Crippen LogP contribution in [-0.2, 0) is 0 Å². The van der Waals surface area contributed by atoms with Crippen molar-refractivity contribution in [2.24, 2.45) is 0 Å². The van der Waals surface area contributed by atoms with E-state index in [0.717, 1.165) is 29.0 Å². The van der Waals surface area contributed by atoms with Crippen LogP contribution in [0.4, 0.5) is 0 Å².